The molecule has 0 aliphatic carbocycles. The molecule has 4 nitrogen and oxygen atoms in total. The zero-order valence-electron chi connectivity index (χ0n) is 9.73. The molecule has 1 atom stereocenters. The summed E-state index contributed by atoms with van der Waals surface area (Å²) < 4.78 is 7.09. The first-order valence-corrected chi connectivity index (χ1v) is 5.46. The van der Waals surface area contributed by atoms with Gasteiger partial charge >= 0.3 is 0 Å². The van der Waals surface area contributed by atoms with Crippen LogP contribution in [0.1, 0.15) is 25.2 Å². The second-order valence-electron chi connectivity index (χ2n) is 3.61. The molecular weight excluding hydrogens is 192 g/mol. The molecular formula is C11H20N2O2. The van der Waals surface area contributed by atoms with Crippen LogP contribution in [0.15, 0.2) is 6.07 Å². The van der Waals surface area contributed by atoms with Crippen LogP contribution in [-0.4, -0.2) is 34.2 Å². The molecule has 1 aromatic rings. The molecule has 1 unspecified atom stereocenters. The number of aliphatic hydroxyl groups excluding tert-OH is 1. The van der Waals surface area contributed by atoms with Crippen molar-refractivity contribution in [2.24, 2.45) is 0 Å². The molecule has 1 N–H and O–H groups in total. The zero-order chi connectivity index (χ0) is 11.3. The Morgan fingerprint density at radius 3 is 2.87 bits per heavy atom. The standard InChI is InChI=1S/C11H20N2O2/c1-4-13-10(6-9(3)12-13)7-11(14)8-15-5-2/h6,11,14H,4-5,7-8H2,1-3H3. The monoisotopic (exact) mass is 212 g/mol. The largest absolute Gasteiger partial charge is 0.390 e. The van der Waals surface area contributed by atoms with Crippen molar-refractivity contribution in [1.29, 1.82) is 0 Å². The molecule has 0 spiro atoms. The zero-order valence-corrected chi connectivity index (χ0v) is 9.73. The fourth-order valence-corrected chi connectivity index (χ4v) is 1.59. The molecule has 0 amide bonds. The average Bonchev–Trinajstić information content (AvgIpc) is 2.55. The van der Waals surface area contributed by atoms with Gasteiger partial charge < -0.3 is 9.84 Å². The lowest BCUT2D eigenvalue weighted by molar-refractivity contribution is 0.0419. The van der Waals surface area contributed by atoms with E-state index in [1.165, 1.54) is 0 Å². The van der Waals surface area contributed by atoms with Crippen LogP contribution in [-0.2, 0) is 17.7 Å². The number of aliphatic hydroxyl groups is 1. The van der Waals surface area contributed by atoms with E-state index in [1.807, 2.05) is 31.5 Å². The molecule has 0 bridgehead atoms. The highest BCUT2D eigenvalue weighted by Gasteiger charge is 2.10. The minimum Gasteiger partial charge on any atom is -0.390 e. The third-order valence-electron chi connectivity index (χ3n) is 2.24. The van der Waals surface area contributed by atoms with Crippen molar-refractivity contribution >= 4 is 0 Å². The van der Waals surface area contributed by atoms with E-state index in [9.17, 15) is 5.11 Å². The topological polar surface area (TPSA) is 47.3 Å². The van der Waals surface area contributed by atoms with Gasteiger partial charge in [0.1, 0.15) is 0 Å². The van der Waals surface area contributed by atoms with Gasteiger partial charge in [0.15, 0.2) is 0 Å². The predicted molar refractivity (Wildman–Crippen MR) is 58.8 cm³/mol. The van der Waals surface area contributed by atoms with Crippen LogP contribution >= 0.6 is 0 Å². The van der Waals surface area contributed by atoms with E-state index in [0.717, 1.165) is 17.9 Å². The van der Waals surface area contributed by atoms with E-state index in [0.29, 0.717) is 19.6 Å². The van der Waals surface area contributed by atoms with Crippen LogP contribution < -0.4 is 0 Å². The van der Waals surface area contributed by atoms with Crippen molar-refractivity contribution in [1.82, 2.24) is 9.78 Å². The molecule has 1 aromatic heterocycles. The van der Waals surface area contributed by atoms with E-state index in [1.54, 1.807) is 0 Å². The molecule has 0 aliphatic heterocycles. The number of aromatic nitrogens is 2. The van der Waals surface area contributed by atoms with E-state index < -0.39 is 6.10 Å². The second kappa shape index (κ2) is 5.88. The van der Waals surface area contributed by atoms with Crippen molar-refractivity contribution in [2.45, 2.75) is 39.8 Å². The van der Waals surface area contributed by atoms with Crippen molar-refractivity contribution < 1.29 is 9.84 Å². The lowest BCUT2D eigenvalue weighted by Gasteiger charge is -2.11. The SMILES string of the molecule is CCOCC(O)Cc1cc(C)nn1CC. The quantitative estimate of drug-likeness (QED) is 0.769. The molecule has 0 saturated carbocycles. The van der Waals surface area contributed by atoms with Gasteiger partial charge in [-0.15, -0.1) is 0 Å². The number of nitrogens with zero attached hydrogens (tertiary/aromatic N) is 2. The summed E-state index contributed by atoms with van der Waals surface area (Å²) in [6.07, 6.45) is 0.167. The van der Waals surface area contributed by atoms with Gasteiger partial charge in [-0.3, -0.25) is 4.68 Å². The minimum atomic E-state index is -0.439. The summed E-state index contributed by atoms with van der Waals surface area (Å²) in [6.45, 7) is 7.81. The Bertz CT molecular complexity index is 297. The maximum atomic E-state index is 9.70. The number of ether oxygens (including phenoxy) is 1. The Kier molecular flexibility index (Phi) is 4.78. The first-order chi connectivity index (χ1) is 7.17. The third kappa shape index (κ3) is 3.64. The van der Waals surface area contributed by atoms with E-state index in [-0.39, 0.29) is 0 Å². The van der Waals surface area contributed by atoms with Crippen LogP contribution in [0.25, 0.3) is 0 Å². The van der Waals surface area contributed by atoms with E-state index >= 15 is 0 Å². The highest BCUT2D eigenvalue weighted by Crippen LogP contribution is 2.07. The van der Waals surface area contributed by atoms with Crippen LogP contribution in [0.5, 0.6) is 0 Å². The molecule has 0 radical (unpaired) electrons. The smallest absolute Gasteiger partial charge is 0.0828 e. The maximum Gasteiger partial charge on any atom is 0.0828 e. The summed E-state index contributed by atoms with van der Waals surface area (Å²) in [4.78, 5) is 0. The van der Waals surface area contributed by atoms with Gasteiger partial charge in [0.2, 0.25) is 0 Å². The number of aryl methyl sites for hydroxylation is 2. The molecule has 86 valence electrons. The van der Waals surface area contributed by atoms with Crippen LogP contribution in [0.4, 0.5) is 0 Å². The summed E-state index contributed by atoms with van der Waals surface area (Å²) in [5, 5.41) is 14.0. The fourth-order valence-electron chi connectivity index (χ4n) is 1.59. The Balaban J connectivity index is 2.54. The van der Waals surface area contributed by atoms with Crippen LogP contribution in [0.3, 0.4) is 0 Å². The van der Waals surface area contributed by atoms with Crippen molar-refractivity contribution in [2.75, 3.05) is 13.2 Å². The first kappa shape index (κ1) is 12.2. The number of hydrogen-bond donors (Lipinski definition) is 1. The van der Waals surface area contributed by atoms with E-state index in [4.69, 9.17) is 4.74 Å². The number of rotatable bonds is 6. The van der Waals surface area contributed by atoms with Crippen molar-refractivity contribution in [3.05, 3.63) is 17.5 Å². The van der Waals surface area contributed by atoms with Crippen LogP contribution in [0.2, 0.25) is 0 Å². The average molecular weight is 212 g/mol. The second-order valence-corrected chi connectivity index (χ2v) is 3.61. The molecule has 1 heterocycles. The molecule has 0 aliphatic rings. The third-order valence-corrected chi connectivity index (χ3v) is 2.24. The number of hydrogen-bond acceptors (Lipinski definition) is 3. The Morgan fingerprint density at radius 2 is 2.27 bits per heavy atom. The van der Waals surface area contributed by atoms with Gasteiger partial charge in [-0.25, -0.2) is 0 Å². The highest BCUT2D eigenvalue weighted by atomic mass is 16.5. The molecule has 4 heteroatoms. The summed E-state index contributed by atoms with van der Waals surface area (Å²) in [7, 11) is 0. The van der Waals surface area contributed by atoms with Gasteiger partial charge in [-0.1, -0.05) is 0 Å². The first-order valence-electron chi connectivity index (χ1n) is 5.46. The lowest BCUT2D eigenvalue weighted by atomic mass is 10.2. The molecule has 0 aromatic carbocycles. The van der Waals surface area contributed by atoms with Crippen LogP contribution in [0, 0.1) is 6.92 Å². The summed E-state index contributed by atoms with van der Waals surface area (Å²) >= 11 is 0. The van der Waals surface area contributed by atoms with Gasteiger partial charge in [0.25, 0.3) is 0 Å². The Labute approximate surface area is 90.9 Å². The van der Waals surface area contributed by atoms with Crippen molar-refractivity contribution in [3.63, 3.8) is 0 Å². The molecule has 15 heavy (non-hydrogen) atoms. The molecule has 1 rings (SSSR count). The predicted octanol–water partition coefficient (Wildman–Crippen LogP) is 1.15. The summed E-state index contributed by atoms with van der Waals surface area (Å²) in [5.41, 5.74) is 2.07. The highest BCUT2D eigenvalue weighted by molar-refractivity contribution is 5.09. The molecule has 0 saturated heterocycles. The minimum absolute atomic E-state index is 0.393. The lowest BCUT2D eigenvalue weighted by Crippen LogP contribution is -2.20. The normalized spacial score (nSPS) is 13.1. The summed E-state index contributed by atoms with van der Waals surface area (Å²) in [5.74, 6) is 0. The van der Waals surface area contributed by atoms with Gasteiger partial charge in [0, 0.05) is 25.3 Å². The Hall–Kier alpha value is -0.870. The van der Waals surface area contributed by atoms with Crippen molar-refractivity contribution in [3.8, 4) is 0 Å². The maximum absolute atomic E-state index is 9.70. The van der Waals surface area contributed by atoms with Gasteiger partial charge in [-0.05, 0) is 26.8 Å². The molecule has 0 fully saturated rings. The Morgan fingerprint density at radius 1 is 1.53 bits per heavy atom. The fraction of sp³-hybridized carbons (Fsp3) is 0.727. The van der Waals surface area contributed by atoms with Gasteiger partial charge in [0.05, 0.1) is 18.4 Å². The summed E-state index contributed by atoms with van der Waals surface area (Å²) in [6, 6.07) is 2.01. The van der Waals surface area contributed by atoms with E-state index in [2.05, 4.69) is 5.10 Å². The van der Waals surface area contributed by atoms with Gasteiger partial charge in [-0.2, -0.15) is 5.10 Å².